The Morgan fingerprint density at radius 1 is 1.50 bits per heavy atom. The maximum atomic E-state index is 8.94. The number of nitrogens with zero attached hydrogens (tertiary/aromatic N) is 1. The molecular formula is C12H22N4O2. The molecule has 0 spiro atoms. The van der Waals surface area contributed by atoms with Crippen molar-refractivity contribution in [2.75, 3.05) is 19.2 Å². The highest BCUT2D eigenvalue weighted by atomic mass is 16.5. The van der Waals surface area contributed by atoms with Crippen LogP contribution in [0.5, 0.6) is 0 Å². The van der Waals surface area contributed by atoms with Gasteiger partial charge in [-0.1, -0.05) is 19.1 Å². The lowest BCUT2D eigenvalue weighted by Gasteiger charge is -2.19. The molecule has 1 aromatic rings. The average Bonchev–Trinajstić information content (AvgIpc) is 2.39. The highest BCUT2D eigenvalue weighted by Gasteiger charge is 2.08. The Kier molecular flexibility index (Phi) is 8.55. The number of benzene rings is 1. The van der Waals surface area contributed by atoms with E-state index in [4.69, 9.17) is 15.4 Å². The fraction of sp³-hybridized carbons (Fsp3) is 0.417. The molecule has 6 heteroatoms. The quantitative estimate of drug-likeness (QED) is 0.304. The minimum atomic E-state index is 0.403. The molecule has 1 aromatic carbocycles. The van der Waals surface area contributed by atoms with E-state index in [1.54, 1.807) is 17.5 Å². The molecule has 0 saturated heterocycles. The largest absolute Gasteiger partial charge is 0.380 e. The molecule has 102 valence electrons. The number of amides is 1. The van der Waals surface area contributed by atoms with Crippen molar-refractivity contribution in [3.8, 4) is 0 Å². The number of methoxy groups -OCH3 is 1. The topological polar surface area (TPSA) is 93.6 Å². The summed E-state index contributed by atoms with van der Waals surface area (Å²) in [5, 5.41) is 1.63. The summed E-state index contributed by atoms with van der Waals surface area (Å²) < 4.78 is 5.18. The molecule has 1 amide bonds. The van der Waals surface area contributed by atoms with Crippen LogP contribution in [0.25, 0.3) is 0 Å². The van der Waals surface area contributed by atoms with Gasteiger partial charge in [-0.3, -0.25) is 10.2 Å². The van der Waals surface area contributed by atoms with Crippen LogP contribution in [0.1, 0.15) is 18.1 Å². The second-order valence-electron chi connectivity index (χ2n) is 3.60. The predicted octanol–water partition coefficient (Wildman–Crippen LogP) is 0.311. The van der Waals surface area contributed by atoms with Crippen LogP contribution >= 0.6 is 0 Å². The van der Waals surface area contributed by atoms with Crippen LogP contribution in [0.15, 0.2) is 18.2 Å². The van der Waals surface area contributed by atoms with E-state index >= 15 is 0 Å². The van der Waals surface area contributed by atoms with Crippen LogP contribution in [0.3, 0.4) is 0 Å². The summed E-state index contributed by atoms with van der Waals surface area (Å²) in [5.74, 6) is 10.2. The molecule has 0 aliphatic carbocycles. The summed E-state index contributed by atoms with van der Waals surface area (Å²) in [6, 6.07) is 6.14. The number of carbonyl (C=O) groups excluding carboxylic acids is 1. The van der Waals surface area contributed by atoms with Crippen molar-refractivity contribution in [2.45, 2.75) is 20.0 Å². The minimum absolute atomic E-state index is 0.403. The van der Waals surface area contributed by atoms with Crippen molar-refractivity contribution in [1.82, 2.24) is 5.43 Å². The van der Waals surface area contributed by atoms with Gasteiger partial charge in [0.15, 0.2) is 0 Å². The van der Waals surface area contributed by atoms with E-state index in [9.17, 15) is 0 Å². The van der Waals surface area contributed by atoms with Gasteiger partial charge in [0.05, 0.1) is 12.3 Å². The third-order valence-corrected chi connectivity index (χ3v) is 2.37. The molecule has 0 unspecified atom stereocenters. The average molecular weight is 254 g/mol. The first-order chi connectivity index (χ1) is 8.62. The van der Waals surface area contributed by atoms with E-state index in [-0.39, 0.29) is 0 Å². The van der Waals surface area contributed by atoms with Crippen molar-refractivity contribution in [3.63, 3.8) is 0 Å². The summed E-state index contributed by atoms with van der Waals surface area (Å²) in [7, 11) is 3.54. The molecule has 0 radical (unpaired) electrons. The predicted molar refractivity (Wildman–Crippen MR) is 72.5 cm³/mol. The lowest BCUT2D eigenvalue weighted by atomic mass is 10.0. The fourth-order valence-electron chi connectivity index (χ4n) is 1.59. The van der Waals surface area contributed by atoms with Gasteiger partial charge in [-0.15, -0.1) is 0 Å². The molecule has 6 nitrogen and oxygen atoms in total. The lowest BCUT2D eigenvalue weighted by Crippen LogP contribution is -2.26. The third kappa shape index (κ3) is 5.13. The smallest absolute Gasteiger partial charge is 0.221 e. The Morgan fingerprint density at radius 3 is 2.50 bits per heavy atom. The normalized spacial score (nSPS) is 9.17. The van der Waals surface area contributed by atoms with Crippen LogP contribution in [0.2, 0.25) is 0 Å². The van der Waals surface area contributed by atoms with Gasteiger partial charge in [-0.25, -0.2) is 11.7 Å². The fourth-order valence-corrected chi connectivity index (χ4v) is 1.59. The zero-order valence-electron chi connectivity index (χ0n) is 11.1. The van der Waals surface area contributed by atoms with Crippen LogP contribution in [0.4, 0.5) is 5.69 Å². The van der Waals surface area contributed by atoms with E-state index in [2.05, 4.69) is 18.8 Å². The van der Waals surface area contributed by atoms with Gasteiger partial charge >= 0.3 is 0 Å². The number of hydrogen-bond donors (Lipinski definition) is 3. The minimum Gasteiger partial charge on any atom is -0.380 e. The summed E-state index contributed by atoms with van der Waals surface area (Å²) in [6.07, 6.45) is 1.40. The number of aryl methyl sites for hydroxylation is 1. The van der Waals surface area contributed by atoms with Crippen molar-refractivity contribution in [1.29, 1.82) is 0 Å². The van der Waals surface area contributed by atoms with Crippen molar-refractivity contribution in [2.24, 2.45) is 11.7 Å². The van der Waals surface area contributed by atoms with Gasteiger partial charge < -0.3 is 9.75 Å². The summed E-state index contributed by atoms with van der Waals surface area (Å²) in [4.78, 5) is 8.94. The van der Waals surface area contributed by atoms with Gasteiger partial charge in [-0.2, -0.15) is 0 Å². The Morgan fingerprint density at radius 2 is 2.11 bits per heavy atom. The maximum Gasteiger partial charge on any atom is 0.221 e. The molecule has 18 heavy (non-hydrogen) atoms. The SMILES string of the molecule is CCc1cccc(N(C)N)c1COC.NNC=O. The van der Waals surface area contributed by atoms with Crippen LogP contribution in [-0.4, -0.2) is 20.6 Å². The number of carbonyl (C=O) groups is 1. The van der Waals surface area contributed by atoms with E-state index in [1.165, 1.54) is 11.1 Å². The highest BCUT2D eigenvalue weighted by Crippen LogP contribution is 2.22. The zero-order valence-corrected chi connectivity index (χ0v) is 11.1. The molecule has 0 saturated carbocycles. The van der Waals surface area contributed by atoms with Gasteiger partial charge in [-0.05, 0) is 18.1 Å². The molecule has 1 rings (SSSR count). The first-order valence-electron chi connectivity index (χ1n) is 5.60. The number of ether oxygens (including phenoxy) is 1. The monoisotopic (exact) mass is 254 g/mol. The van der Waals surface area contributed by atoms with Gasteiger partial charge in [0.25, 0.3) is 0 Å². The Balaban J connectivity index is 0.000000631. The number of nitrogens with one attached hydrogen (secondary N) is 1. The summed E-state index contributed by atoms with van der Waals surface area (Å²) in [5.41, 5.74) is 5.26. The molecule has 0 aliphatic rings. The summed E-state index contributed by atoms with van der Waals surface area (Å²) in [6.45, 7) is 2.75. The molecule has 0 atom stereocenters. The molecule has 0 fully saturated rings. The van der Waals surface area contributed by atoms with E-state index < -0.39 is 0 Å². The Bertz CT molecular complexity index is 356. The van der Waals surface area contributed by atoms with Crippen molar-refractivity contribution >= 4 is 12.1 Å². The zero-order chi connectivity index (χ0) is 14.0. The van der Waals surface area contributed by atoms with E-state index in [0.29, 0.717) is 13.0 Å². The Hall–Kier alpha value is -1.63. The number of rotatable bonds is 5. The molecule has 0 bridgehead atoms. The molecule has 5 N–H and O–H groups in total. The van der Waals surface area contributed by atoms with Crippen LogP contribution in [-0.2, 0) is 22.6 Å². The number of hydrogen-bond acceptors (Lipinski definition) is 5. The molecule has 0 aliphatic heterocycles. The molecule has 0 heterocycles. The van der Waals surface area contributed by atoms with E-state index in [0.717, 1.165) is 12.1 Å². The molecular weight excluding hydrogens is 232 g/mol. The second-order valence-corrected chi connectivity index (χ2v) is 3.60. The number of nitrogens with two attached hydrogens (primary N) is 2. The maximum absolute atomic E-state index is 8.94. The Labute approximate surface area is 108 Å². The highest BCUT2D eigenvalue weighted by molar-refractivity contribution is 5.55. The van der Waals surface area contributed by atoms with Gasteiger partial charge in [0.2, 0.25) is 6.41 Å². The second kappa shape index (κ2) is 9.41. The van der Waals surface area contributed by atoms with Gasteiger partial charge in [0.1, 0.15) is 0 Å². The van der Waals surface area contributed by atoms with Gasteiger partial charge in [0, 0.05) is 19.7 Å². The van der Waals surface area contributed by atoms with Crippen molar-refractivity contribution in [3.05, 3.63) is 29.3 Å². The summed E-state index contributed by atoms with van der Waals surface area (Å²) >= 11 is 0. The third-order valence-electron chi connectivity index (χ3n) is 2.37. The lowest BCUT2D eigenvalue weighted by molar-refractivity contribution is -0.109. The van der Waals surface area contributed by atoms with Crippen LogP contribution < -0.4 is 22.1 Å². The van der Waals surface area contributed by atoms with Crippen LogP contribution in [0, 0.1) is 0 Å². The van der Waals surface area contributed by atoms with E-state index in [1.807, 2.05) is 19.2 Å². The number of anilines is 1. The van der Waals surface area contributed by atoms with Crippen molar-refractivity contribution < 1.29 is 9.53 Å². The first kappa shape index (κ1) is 16.4. The first-order valence-corrected chi connectivity index (χ1v) is 5.60. The standard InChI is InChI=1S/C11H18N2O.CH4N2O/c1-4-9-6-5-7-11(13(2)12)10(9)8-14-3;2-3-1-4/h5-7H,4,8,12H2,1-3H3;1H,2H2,(H,3,4). The number of hydrazine groups is 2. The molecule has 0 aromatic heterocycles.